The molecule has 2 aromatic rings. The first-order valence-electron chi connectivity index (χ1n) is 6.98. The normalized spacial score (nSPS) is 13.8. The van der Waals surface area contributed by atoms with Gasteiger partial charge in [0.1, 0.15) is 5.82 Å². The van der Waals surface area contributed by atoms with E-state index in [1.165, 1.54) is 5.56 Å². The number of benzene rings is 1. The fourth-order valence-corrected chi connectivity index (χ4v) is 2.38. The number of hydrogen-bond donors (Lipinski definition) is 1. The van der Waals surface area contributed by atoms with E-state index in [9.17, 15) is 0 Å². The highest BCUT2D eigenvalue weighted by atomic mass is 16.7. The van der Waals surface area contributed by atoms with Crippen LogP contribution in [0.15, 0.2) is 18.3 Å². The number of nitrogens with zero attached hydrogens (tertiary/aromatic N) is 1. The molecule has 1 aromatic carbocycles. The third-order valence-electron chi connectivity index (χ3n) is 3.56. The van der Waals surface area contributed by atoms with Crippen molar-refractivity contribution in [2.45, 2.75) is 39.5 Å². The molecule has 0 aliphatic carbocycles. The van der Waals surface area contributed by atoms with Gasteiger partial charge in [-0.05, 0) is 18.1 Å². The van der Waals surface area contributed by atoms with Crippen LogP contribution in [0, 0.1) is 0 Å². The van der Waals surface area contributed by atoms with Crippen molar-refractivity contribution in [3.8, 4) is 22.8 Å². The molecule has 20 heavy (non-hydrogen) atoms. The van der Waals surface area contributed by atoms with Crippen molar-refractivity contribution in [1.82, 2.24) is 9.97 Å². The highest BCUT2D eigenvalue weighted by Crippen LogP contribution is 2.43. The molecule has 0 saturated carbocycles. The molecule has 4 nitrogen and oxygen atoms in total. The number of nitrogens with one attached hydrogen (secondary N) is 1. The van der Waals surface area contributed by atoms with Crippen molar-refractivity contribution in [2.24, 2.45) is 0 Å². The van der Waals surface area contributed by atoms with E-state index < -0.39 is 0 Å². The summed E-state index contributed by atoms with van der Waals surface area (Å²) < 4.78 is 11.3. The molecule has 0 unspecified atom stereocenters. The summed E-state index contributed by atoms with van der Waals surface area (Å²) in [5, 5.41) is 0. The second-order valence-electron chi connectivity index (χ2n) is 6.09. The molecule has 0 radical (unpaired) electrons. The lowest BCUT2D eigenvalue weighted by atomic mass is 9.96. The lowest BCUT2D eigenvalue weighted by Gasteiger charge is -2.14. The van der Waals surface area contributed by atoms with Gasteiger partial charge in [-0.3, -0.25) is 0 Å². The van der Waals surface area contributed by atoms with Crippen LogP contribution in [-0.2, 0) is 11.8 Å². The highest BCUT2D eigenvalue weighted by molar-refractivity contribution is 5.73. The Balaban J connectivity index is 2.08. The minimum Gasteiger partial charge on any atom is -0.453 e. The van der Waals surface area contributed by atoms with Gasteiger partial charge in [0.15, 0.2) is 11.5 Å². The first kappa shape index (κ1) is 13.0. The average molecular weight is 272 g/mol. The van der Waals surface area contributed by atoms with Crippen LogP contribution >= 0.6 is 0 Å². The summed E-state index contributed by atoms with van der Waals surface area (Å²) in [5.74, 6) is 2.67. The second kappa shape index (κ2) is 4.54. The first-order chi connectivity index (χ1) is 9.50. The smallest absolute Gasteiger partial charge is 0.231 e. The van der Waals surface area contributed by atoms with E-state index in [4.69, 9.17) is 9.47 Å². The number of aromatic amines is 1. The van der Waals surface area contributed by atoms with Gasteiger partial charge in [-0.2, -0.15) is 0 Å². The number of H-pyrrole nitrogens is 1. The average Bonchev–Trinajstić information content (AvgIpc) is 3.05. The Bertz CT molecular complexity index is 638. The number of rotatable bonds is 2. The van der Waals surface area contributed by atoms with Crippen molar-refractivity contribution < 1.29 is 9.47 Å². The summed E-state index contributed by atoms with van der Waals surface area (Å²) in [4.78, 5) is 7.87. The predicted molar refractivity (Wildman–Crippen MR) is 78.2 cm³/mol. The number of ether oxygens (including phenoxy) is 2. The zero-order chi connectivity index (χ0) is 14.3. The van der Waals surface area contributed by atoms with Crippen LogP contribution in [-0.4, -0.2) is 16.8 Å². The summed E-state index contributed by atoms with van der Waals surface area (Å²) >= 11 is 0. The molecule has 0 spiro atoms. The summed E-state index contributed by atoms with van der Waals surface area (Å²) in [5.41, 5.74) is 3.16. The molecule has 0 fully saturated rings. The van der Waals surface area contributed by atoms with Crippen LogP contribution in [0.25, 0.3) is 11.3 Å². The molecule has 0 amide bonds. The van der Waals surface area contributed by atoms with E-state index in [2.05, 4.69) is 49.8 Å². The van der Waals surface area contributed by atoms with E-state index in [-0.39, 0.29) is 5.41 Å². The van der Waals surface area contributed by atoms with E-state index in [1.807, 2.05) is 6.20 Å². The maximum absolute atomic E-state index is 5.65. The summed E-state index contributed by atoms with van der Waals surface area (Å²) in [6, 6.07) is 4.17. The van der Waals surface area contributed by atoms with Gasteiger partial charge in [-0.1, -0.05) is 33.8 Å². The molecule has 1 aromatic heterocycles. The van der Waals surface area contributed by atoms with Crippen LogP contribution in [0.3, 0.4) is 0 Å². The van der Waals surface area contributed by atoms with Crippen molar-refractivity contribution in [1.29, 1.82) is 0 Å². The lowest BCUT2D eigenvalue weighted by Crippen LogP contribution is -2.13. The van der Waals surface area contributed by atoms with Gasteiger partial charge in [0.25, 0.3) is 0 Å². The molecule has 2 heterocycles. The Morgan fingerprint density at radius 3 is 2.60 bits per heavy atom. The molecule has 1 aliphatic rings. The maximum atomic E-state index is 5.65. The SMILES string of the molecule is CCc1ccc(-c2cnc(C(C)(C)C)[nH]2)c2c1OCO2. The third-order valence-corrected chi connectivity index (χ3v) is 3.56. The third kappa shape index (κ3) is 2.05. The lowest BCUT2D eigenvalue weighted by molar-refractivity contribution is 0.173. The van der Waals surface area contributed by atoms with Crippen LogP contribution in [0.5, 0.6) is 11.5 Å². The van der Waals surface area contributed by atoms with E-state index >= 15 is 0 Å². The Kier molecular flexibility index (Phi) is 2.96. The predicted octanol–water partition coefficient (Wildman–Crippen LogP) is 3.67. The minimum absolute atomic E-state index is 0.00212. The molecule has 0 saturated heterocycles. The quantitative estimate of drug-likeness (QED) is 0.907. The van der Waals surface area contributed by atoms with Crippen LogP contribution < -0.4 is 9.47 Å². The van der Waals surface area contributed by atoms with Crippen LogP contribution in [0.1, 0.15) is 39.1 Å². The van der Waals surface area contributed by atoms with Crippen LogP contribution in [0.2, 0.25) is 0 Å². The van der Waals surface area contributed by atoms with Gasteiger partial charge in [0, 0.05) is 11.0 Å². The van der Waals surface area contributed by atoms with Crippen molar-refractivity contribution in [2.75, 3.05) is 6.79 Å². The zero-order valence-corrected chi connectivity index (χ0v) is 12.4. The Labute approximate surface area is 119 Å². The Hall–Kier alpha value is -1.97. The summed E-state index contributed by atoms with van der Waals surface area (Å²) in [6.45, 7) is 8.82. The summed E-state index contributed by atoms with van der Waals surface area (Å²) in [7, 11) is 0. The van der Waals surface area contributed by atoms with Crippen molar-refractivity contribution in [3.63, 3.8) is 0 Å². The number of aromatic nitrogens is 2. The summed E-state index contributed by atoms with van der Waals surface area (Å²) in [6.07, 6.45) is 2.80. The molecule has 1 aliphatic heterocycles. The fraction of sp³-hybridized carbons (Fsp3) is 0.438. The molecule has 4 heteroatoms. The number of hydrogen-bond acceptors (Lipinski definition) is 3. The van der Waals surface area contributed by atoms with Gasteiger partial charge in [0.05, 0.1) is 11.9 Å². The Morgan fingerprint density at radius 2 is 1.95 bits per heavy atom. The van der Waals surface area contributed by atoms with E-state index in [0.29, 0.717) is 6.79 Å². The molecular formula is C16H20N2O2. The second-order valence-corrected chi connectivity index (χ2v) is 6.09. The molecule has 106 valence electrons. The van der Waals surface area contributed by atoms with Gasteiger partial charge < -0.3 is 14.5 Å². The molecular weight excluding hydrogens is 252 g/mol. The molecule has 3 rings (SSSR count). The van der Waals surface area contributed by atoms with Gasteiger partial charge in [0.2, 0.25) is 6.79 Å². The monoisotopic (exact) mass is 272 g/mol. The topological polar surface area (TPSA) is 47.1 Å². The largest absolute Gasteiger partial charge is 0.453 e. The van der Waals surface area contributed by atoms with Crippen LogP contribution in [0.4, 0.5) is 0 Å². The maximum Gasteiger partial charge on any atom is 0.231 e. The van der Waals surface area contributed by atoms with Crippen molar-refractivity contribution >= 4 is 0 Å². The standard InChI is InChI=1S/C16H20N2O2/c1-5-10-6-7-11(14-13(10)19-9-20-14)12-8-17-15(18-12)16(2,3)4/h6-8H,5,9H2,1-4H3,(H,17,18). The van der Waals surface area contributed by atoms with Gasteiger partial charge in [-0.15, -0.1) is 0 Å². The minimum atomic E-state index is 0.00212. The first-order valence-corrected chi connectivity index (χ1v) is 6.98. The van der Waals surface area contributed by atoms with Crippen molar-refractivity contribution in [3.05, 3.63) is 29.7 Å². The number of aryl methyl sites for hydroxylation is 1. The highest BCUT2D eigenvalue weighted by Gasteiger charge is 2.24. The zero-order valence-electron chi connectivity index (χ0n) is 12.4. The Morgan fingerprint density at radius 1 is 1.20 bits per heavy atom. The van der Waals surface area contributed by atoms with E-state index in [0.717, 1.165) is 35.0 Å². The van der Waals surface area contributed by atoms with E-state index in [1.54, 1.807) is 0 Å². The number of imidazole rings is 1. The number of fused-ring (bicyclic) bond motifs is 1. The van der Waals surface area contributed by atoms with Gasteiger partial charge >= 0.3 is 0 Å². The molecule has 0 bridgehead atoms. The van der Waals surface area contributed by atoms with Gasteiger partial charge in [-0.25, -0.2) is 4.98 Å². The molecule has 1 N–H and O–H groups in total. The molecule has 0 atom stereocenters. The fourth-order valence-electron chi connectivity index (χ4n) is 2.38.